The van der Waals surface area contributed by atoms with E-state index in [2.05, 4.69) is 78.9 Å². The molecule has 0 spiro atoms. The first-order valence-electron chi connectivity index (χ1n) is 6.23. The summed E-state index contributed by atoms with van der Waals surface area (Å²) in [5.41, 5.74) is 0. The zero-order chi connectivity index (χ0) is 12.9. The maximum Gasteiger partial charge on any atom is -0.00314 e. The van der Waals surface area contributed by atoms with Gasteiger partial charge in [0.15, 0.2) is 0 Å². The lowest BCUT2D eigenvalue weighted by Crippen LogP contribution is -2.19. The smallest absolute Gasteiger partial charge is 0.00314 e. The summed E-state index contributed by atoms with van der Waals surface area (Å²) in [5.74, 6) is 0. The van der Waals surface area contributed by atoms with Crippen LogP contribution in [0.3, 0.4) is 0 Å². The molecule has 0 aliphatic carbocycles. The van der Waals surface area contributed by atoms with Gasteiger partial charge in [0.05, 0.1) is 0 Å². The fourth-order valence-corrected chi connectivity index (χ4v) is 4.33. The average molecular weight is 260 g/mol. The van der Waals surface area contributed by atoms with Crippen LogP contribution in [0.1, 0.15) is 0 Å². The molecule has 3 aromatic carbocycles. The third kappa shape index (κ3) is 2.68. The average Bonchev–Trinajstić information content (AvgIpc) is 2.51. The molecule has 0 saturated heterocycles. The van der Waals surface area contributed by atoms with E-state index in [0.29, 0.717) is 0 Å². The maximum absolute atomic E-state index is 3.07. The molecule has 0 saturated carbocycles. The first kappa shape index (κ1) is 12.0. The molecule has 0 atom stereocenters. The molecule has 19 heavy (non-hydrogen) atoms. The second-order valence-corrected chi connectivity index (χ2v) is 6.42. The molecule has 90 valence electrons. The Morgan fingerprint density at radius 1 is 0.579 bits per heavy atom. The number of hydrogen-bond acceptors (Lipinski definition) is 0. The van der Waals surface area contributed by atoms with E-state index in [1.54, 1.807) is 0 Å². The molecular weight excluding hydrogens is 247 g/mol. The highest BCUT2D eigenvalue weighted by Gasteiger charge is 2.15. The Morgan fingerprint density at radius 3 is 1.63 bits per heavy atom. The van der Waals surface area contributed by atoms with Gasteiger partial charge in [0.1, 0.15) is 0 Å². The van der Waals surface area contributed by atoms with Crippen LogP contribution in [0.5, 0.6) is 0 Å². The summed E-state index contributed by atoms with van der Waals surface area (Å²) in [7, 11) is -0.497. The molecule has 0 unspecified atom stereocenters. The zero-order valence-electron chi connectivity index (χ0n) is 10.5. The molecule has 0 aliphatic heterocycles. The van der Waals surface area contributed by atoms with Crippen molar-refractivity contribution in [1.29, 1.82) is 0 Å². The van der Waals surface area contributed by atoms with Gasteiger partial charge in [-0.15, -0.1) is 0 Å². The van der Waals surface area contributed by atoms with E-state index < -0.39 is 7.92 Å². The van der Waals surface area contributed by atoms with Crippen molar-refractivity contribution >= 4 is 23.8 Å². The van der Waals surface area contributed by atoms with Gasteiger partial charge >= 0.3 is 0 Å². The Morgan fingerprint density at radius 2 is 1.16 bits per heavy atom. The van der Waals surface area contributed by atoms with Crippen LogP contribution < -0.4 is 15.9 Å². The minimum atomic E-state index is -0.497. The van der Waals surface area contributed by atoms with Gasteiger partial charge in [-0.05, 0) is 42.0 Å². The van der Waals surface area contributed by atoms with E-state index >= 15 is 0 Å². The highest BCUT2D eigenvalue weighted by atomic mass is 31.1. The van der Waals surface area contributed by atoms with Gasteiger partial charge in [-0.1, -0.05) is 72.8 Å². The molecule has 0 N–H and O–H groups in total. The van der Waals surface area contributed by atoms with Crippen LogP contribution in [-0.2, 0) is 0 Å². The first-order chi connectivity index (χ1) is 9.45. The summed E-state index contributed by atoms with van der Waals surface area (Å²) in [4.78, 5) is 0. The minimum absolute atomic E-state index is 0.497. The van der Waals surface area contributed by atoms with Crippen molar-refractivity contribution in [3.8, 4) is 0 Å². The van der Waals surface area contributed by atoms with Gasteiger partial charge in [0.25, 0.3) is 0 Å². The summed E-state index contributed by atoms with van der Waals surface area (Å²) >= 11 is 0. The van der Waals surface area contributed by atoms with E-state index in [-0.39, 0.29) is 0 Å². The van der Waals surface area contributed by atoms with Crippen LogP contribution in [0.4, 0.5) is 0 Å². The molecular formula is C18H13P. The van der Waals surface area contributed by atoms with Gasteiger partial charge < -0.3 is 0 Å². The highest BCUT2D eigenvalue weighted by Crippen LogP contribution is 2.31. The summed E-state index contributed by atoms with van der Waals surface area (Å²) in [6.07, 6.45) is 0. The second kappa shape index (κ2) is 5.70. The van der Waals surface area contributed by atoms with E-state index in [1.165, 1.54) is 15.9 Å². The van der Waals surface area contributed by atoms with Crippen LogP contribution in [0.2, 0.25) is 0 Å². The normalized spacial score (nSPS) is 10.2. The molecule has 0 amide bonds. The van der Waals surface area contributed by atoms with Crippen LogP contribution >= 0.6 is 7.92 Å². The van der Waals surface area contributed by atoms with Crippen molar-refractivity contribution in [2.45, 2.75) is 0 Å². The van der Waals surface area contributed by atoms with Crippen molar-refractivity contribution in [3.63, 3.8) is 0 Å². The van der Waals surface area contributed by atoms with Gasteiger partial charge in [-0.25, -0.2) is 0 Å². The predicted molar refractivity (Wildman–Crippen MR) is 82.8 cm³/mol. The van der Waals surface area contributed by atoms with E-state index in [9.17, 15) is 0 Å². The van der Waals surface area contributed by atoms with Gasteiger partial charge in [-0.3, -0.25) is 0 Å². The number of benzene rings is 2. The molecule has 3 rings (SSSR count). The monoisotopic (exact) mass is 260 g/mol. The summed E-state index contributed by atoms with van der Waals surface area (Å²) in [6, 6.07) is 33.5. The number of rotatable bonds is 3. The van der Waals surface area contributed by atoms with E-state index in [4.69, 9.17) is 0 Å². The summed E-state index contributed by atoms with van der Waals surface area (Å²) in [5, 5.41) is 4.04. The van der Waals surface area contributed by atoms with Crippen LogP contribution in [0.25, 0.3) is 0 Å². The van der Waals surface area contributed by atoms with Crippen LogP contribution in [-0.4, -0.2) is 0 Å². The van der Waals surface area contributed by atoms with Crippen molar-refractivity contribution in [2.24, 2.45) is 0 Å². The molecule has 0 nitrogen and oxygen atoms in total. The van der Waals surface area contributed by atoms with Crippen molar-refractivity contribution in [3.05, 3.63) is 91.0 Å². The minimum Gasteiger partial charge on any atom is -0.0702 e. The lowest BCUT2D eigenvalue weighted by atomic mass is 10.4. The highest BCUT2D eigenvalue weighted by molar-refractivity contribution is 7.79. The molecule has 0 radical (unpaired) electrons. The lowest BCUT2D eigenvalue weighted by Gasteiger charge is -2.18. The fraction of sp³-hybridized carbons (Fsp3) is 0. The van der Waals surface area contributed by atoms with Crippen molar-refractivity contribution in [2.75, 3.05) is 0 Å². The summed E-state index contributed by atoms with van der Waals surface area (Å²) < 4.78 is 0. The third-order valence-electron chi connectivity index (χ3n) is 2.93. The van der Waals surface area contributed by atoms with Crippen molar-refractivity contribution in [1.82, 2.24) is 0 Å². The molecule has 0 bridgehead atoms. The number of hydrogen-bond donors (Lipinski definition) is 0. The standard InChI is InChI=1S/C18H13P/c1-4-10-16(11-5-1)19(17-12-6-2-7-13-17)18-14-8-3-9-15-18/h1-2,4-8,10-15H. The third-order valence-corrected chi connectivity index (χ3v) is 5.35. The Hall–Kier alpha value is -2.09. The zero-order valence-corrected chi connectivity index (χ0v) is 11.3. The maximum atomic E-state index is 3.07. The van der Waals surface area contributed by atoms with E-state index in [0.717, 1.165) is 0 Å². The molecule has 0 aromatic heterocycles. The van der Waals surface area contributed by atoms with Gasteiger partial charge in [0, 0.05) is 0 Å². The largest absolute Gasteiger partial charge is 0.0702 e. The molecule has 3 aromatic rings. The lowest BCUT2D eigenvalue weighted by molar-refractivity contribution is 1.74. The van der Waals surface area contributed by atoms with Gasteiger partial charge in [0.2, 0.25) is 0 Å². The van der Waals surface area contributed by atoms with Gasteiger partial charge in [-0.2, -0.15) is 0 Å². The van der Waals surface area contributed by atoms with Crippen LogP contribution in [0, 0.1) is 12.1 Å². The summed E-state index contributed by atoms with van der Waals surface area (Å²) in [6.45, 7) is 0. The predicted octanol–water partition coefficient (Wildman–Crippen LogP) is 3.05. The Labute approximate surface area is 115 Å². The Kier molecular flexibility index (Phi) is 3.59. The van der Waals surface area contributed by atoms with Crippen LogP contribution in [0.15, 0.2) is 78.9 Å². The first-order valence-corrected chi connectivity index (χ1v) is 7.57. The van der Waals surface area contributed by atoms with Crippen molar-refractivity contribution < 1.29 is 0 Å². The second-order valence-electron chi connectivity index (χ2n) is 4.20. The molecule has 1 heteroatoms. The molecule has 0 heterocycles. The quantitative estimate of drug-likeness (QED) is 0.635. The van der Waals surface area contributed by atoms with E-state index in [1.807, 2.05) is 12.1 Å². The Bertz CT molecular complexity index is 524. The topological polar surface area (TPSA) is 0 Å². The Balaban J connectivity index is 2.12. The SMILES string of the molecule is c1ccc(P(c2ccccc2)c2ccccc2)cc#1. The molecule has 0 fully saturated rings. The fourth-order valence-electron chi connectivity index (χ4n) is 2.08. The molecule has 0 aliphatic rings.